The smallest absolute Gasteiger partial charge is 0.124 e. The topological polar surface area (TPSA) is 12.5 Å². The molecule has 0 spiro atoms. The van der Waals surface area contributed by atoms with E-state index in [9.17, 15) is 4.39 Å². The number of epoxide rings is 1. The Labute approximate surface area is 81.5 Å². The van der Waals surface area contributed by atoms with Gasteiger partial charge in [-0.1, -0.05) is 17.7 Å². The first-order chi connectivity index (χ1) is 6.25. The summed E-state index contributed by atoms with van der Waals surface area (Å²) in [4.78, 5) is 0. The van der Waals surface area contributed by atoms with Crippen molar-refractivity contribution >= 4 is 11.6 Å². The highest BCUT2D eigenvalue weighted by molar-refractivity contribution is 6.31. The minimum atomic E-state index is -0.281. The summed E-state index contributed by atoms with van der Waals surface area (Å²) < 4.78 is 17.7. The first-order valence-corrected chi connectivity index (χ1v) is 4.69. The number of rotatable bonds is 3. The number of aryl methyl sites for hydroxylation is 1. The summed E-state index contributed by atoms with van der Waals surface area (Å²) in [5.41, 5.74) is 0.999. The highest BCUT2D eigenvalue weighted by Crippen LogP contribution is 2.22. The minimum Gasteiger partial charge on any atom is -0.373 e. The molecular formula is C10H10ClFO. The van der Waals surface area contributed by atoms with Crippen LogP contribution >= 0.6 is 11.6 Å². The number of hydrogen-bond donors (Lipinski definition) is 0. The maximum atomic E-state index is 12.6. The van der Waals surface area contributed by atoms with Gasteiger partial charge >= 0.3 is 0 Å². The quantitative estimate of drug-likeness (QED) is 0.684. The molecule has 1 aromatic carbocycles. The van der Waals surface area contributed by atoms with Crippen LogP contribution in [0.5, 0.6) is 0 Å². The molecule has 1 atom stereocenters. The molecule has 13 heavy (non-hydrogen) atoms. The molecule has 0 aromatic heterocycles. The van der Waals surface area contributed by atoms with Gasteiger partial charge in [0.2, 0.25) is 0 Å². The van der Waals surface area contributed by atoms with E-state index in [0.29, 0.717) is 11.1 Å². The van der Waals surface area contributed by atoms with Crippen LogP contribution in [0.2, 0.25) is 5.02 Å². The first-order valence-electron chi connectivity index (χ1n) is 4.31. The van der Waals surface area contributed by atoms with Crippen molar-refractivity contribution in [3.05, 3.63) is 34.6 Å². The Bertz CT molecular complexity index is 310. The van der Waals surface area contributed by atoms with Gasteiger partial charge in [0.25, 0.3) is 0 Å². The zero-order valence-corrected chi connectivity index (χ0v) is 7.85. The Morgan fingerprint density at radius 2 is 2.31 bits per heavy atom. The van der Waals surface area contributed by atoms with E-state index >= 15 is 0 Å². The van der Waals surface area contributed by atoms with Crippen LogP contribution in [0.25, 0.3) is 0 Å². The fraction of sp³-hybridized carbons (Fsp3) is 0.400. The van der Waals surface area contributed by atoms with Gasteiger partial charge in [-0.25, -0.2) is 4.39 Å². The lowest BCUT2D eigenvalue weighted by Gasteiger charge is -2.02. The van der Waals surface area contributed by atoms with Crippen LogP contribution in [0.3, 0.4) is 0 Å². The molecule has 1 fully saturated rings. The van der Waals surface area contributed by atoms with Crippen LogP contribution in [0.1, 0.15) is 12.0 Å². The highest BCUT2D eigenvalue weighted by atomic mass is 35.5. The Balaban J connectivity index is 2.01. The van der Waals surface area contributed by atoms with E-state index in [1.807, 2.05) is 0 Å². The fourth-order valence-corrected chi connectivity index (χ4v) is 1.54. The molecule has 1 aliphatic rings. The molecule has 0 bridgehead atoms. The summed E-state index contributed by atoms with van der Waals surface area (Å²) in [5, 5.41) is 0.514. The van der Waals surface area contributed by atoms with Crippen molar-refractivity contribution in [3.8, 4) is 0 Å². The first kappa shape index (κ1) is 8.97. The van der Waals surface area contributed by atoms with Gasteiger partial charge < -0.3 is 4.74 Å². The van der Waals surface area contributed by atoms with Crippen LogP contribution in [0.4, 0.5) is 4.39 Å². The fourth-order valence-electron chi connectivity index (χ4n) is 1.28. The average molecular weight is 201 g/mol. The largest absolute Gasteiger partial charge is 0.373 e. The molecule has 0 radical (unpaired) electrons. The van der Waals surface area contributed by atoms with E-state index in [0.717, 1.165) is 25.0 Å². The van der Waals surface area contributed by atoms with E-state index in [4.69, 9.17) is 16.3 Å². The van der Waals surface area contributed by atoms with Gasteiger partial charge in [-0.3, -0.25) is 0 Å². The van der Waals surface area contributed by atoms with Gasteiger partial charge in [0.05, 0.1) is 12.7 Å². The van der Waals surface area contributed by atoms with E-state index < -0.39 is 0 Å². The molecule has 1 heterocycles. The van der Waals surface area contributed by atoms with Gasteiger partial charge in [0.15, 0.2) is 0 Å². The van der Waals surface area contributed by atoms with Crippen molar-refractivity contribution in [1.29, 1.82) is 0 Å². The Morgan fingerprint density at radius 1 is 1.54 bits per heavy atom. The normalized spacial score (nSPS) is 20.3. The van der Waals surface area contributed by atoms with Crippen molar-refractivity contribution in [2.45, 2.75) is 18.9 Å². The molecule has 2 rings (SSSR count). The molecule has 3 heteroatoms. The second kappa shape index (κ2) is 3.64. The molecule has 1 aliphatic heterocycles. The van der Waals surface area contributed by atoms with E-state index in [1.165, 1.54) is 12.1 Å². The third-order valence-corrected chi connectivity index (χ3v) is 2.50. The number of ether oxygens (including phenoxy) is 1. The number of halogens is 2. The molecule has 1 unspecified atom stereocenters. The van der Waals surface area contributed by atoms with Crippen molar-refractivity contribution < 1.29 is 9.13 Å². The molecule has 1 aromatic rings. The van der Waals surface area contributed by atoms with Crippen LogP contribution in [-0.2, 0) is 11.2 Å². The third-order valence-electron chi connectivity index (χ3n) is 2.15. The van der Waals surface area contributed by atoms with Crippen LogP contribution in [-0.4, -0.2) is 12.7 Å². The second-order valence-electron chi connectivity index (χ2n) is 3.23. The maximum Gasteiger partial charge on any atom is 0.124 e. The van der Waals surface area contributed by atoms with Gasteiger partial charge in [0.1, 0.15) is 5.82 Å². The third kappa shape index (κ3) is 2.42. The predicted octanol–water partition coefficient (Wildman–Crippen LogP) is 2.81. The molecular weight excluding hydrogens is 191 g/mol. The molecule has 0 N–H and O–H groups in total. The SMILES string of the molecule is Fc1ccc(CCC2CO2)c(Cl)c1. The van der Waals surface area contributed by atoms with E-state index in [1.54, 1.807) is 6.07 Å². The number of benzene rings is 1. The van der Waals surface area contributed by atoms with Crippen LogP contribution in [0, 0.1) is 5.82 Å². The summed E-state index contributed by atoms with van der Waals surface area (Å²) in [6, 6.07) is 4.53. The van der Waals surface area contributed by atoms with Gasteiger partial charge in [-0.15, -0.1) is 0 Å². The van der Waals surface area contributed by atoms with Gasteiger partial charge in [-0.2, -0.15) is 0 Å². The maximum absolute atomic E-state index is 12.6. The average Bonchev–Trinajstić information content (AvgIpc) is 2.86. The molecule has 1 nitrogen and oxygen atoms in total. The highest BCUT2D eigenvalue weighted by Gasteiger charge is 2.21. The standard InChI is InChI=1S/C10H10ClFO/c11-10-5-8(12)3-1-7(10)2-4-9-6-13-9/h1,3,5,9H,2,4,6H2. The molecule has 70 valence electrons. The lowest BCUT2D eigenvalue weighted by atomic mass is 10.1. The number of hydrogen-bond acceptors (Lipinski definition) is 1. The van der Waals surface area contributed by atoms with Crippen molar-refractivity contribution in [2.75, 3.05) is 6.61 Å². The Hall–Kier alpha value is -0.600. The van der Waals surface area contributed by atoms with Gasteiger partial charge in [-0.05, 0) is 30.5 Å². The molecule has 1 saturated heterocycles. The zero-order valence-electron chi connectivity index (χ0n) is 7.09. The molecule has 0 amide bonds. The summed E-state index contributed by atoms with van der Waals surface area (Å²) in [5.74, 6) is -0.281. The second-order valence-corrected chi connectivity index (χ2v) is 3.64. The zero-order chi connectivity index (χ0) is 9.26. The van der Waals surface area contributed by atoms with Crippen molar-refractivity contribution in [2.24, 2.45) is 0 Å². The van der Waals surface area contributed by atoms with E-state index in [-0.39, 0.29) is 5.82 Å². The summed E-state index contributed by atoms with van der Waals surface area (Å²) in [6.45, 7) is 0.860. The summed E-state index contributed by atoms with van der Waals surface area (Å²) >= 11 is 5.85. The summed E-state index contributed by atoms with van der Waals surface area (Å²) in [6.07, 6.45) is 2.25. The Kier molecular flexibility index (Phi) is 2.51. The lowest BCUT2D eigenvalue weighted by molar-refractivity contribution is 0.397. The molecule has 0 aliphatic carbocycles. The van der Waals surface area contributed by atoms with Crippen LogP contribution in [0.15, 0.2) is 18.2 Å². The van der Waals surface area contributed by atoms with Crippen molar-refractivity contribution in [3.63, 3.8) is 0 Å². The van der Waals surface area contributed by atoms with Crippen molar-refractivity contribution in [1.82, 2.24) is 0 Å². The van der Waals surface area contributed by atoms with Gasteiger partial charge in [0, 0.05) is 5.02 Å². The monoisotopic (exact) mass is 200 g/mol. The summed E-state index contributed by atoms with van der Waals surface area (Å²) in [7, 11) is 0. The lowest BCUT2D eigenvalue weighted by Crippen LogP contribution is -1.92. The molecule has 0 saturated carbocycles. The predicted molar refractivity (Wildman–Crippen MR) is 49.5 cm³/mol. The van der Waals surface area contributed by atoms with E-state index in [2.05, 4.69) is 0 Å². The minimum absolute atomic E-state index is 0.281. The Morgan fingerprint density at radius 3 is 2.92 bits per heavy atom. The van der Waals surface area contributed by atoms with Crippen LogP contribution < -0.4 is 0 Å².